The summed E-state index contributed by atoms with van der Waals surface area (Å²) < 4.78 is 12.0. The summed E-state index contributed by atoms with van der Waals surface area (Å²) in [6, 6.07) is 0. The number of rotatable bonds is 2. The van der Waals surface area contributed by atoms with Crippen LogP contribution in [0.15, 0.2) is 5.10 Å². The predicted molar refractivity (Wildman–Crippen MR) is 49.2 cm³/mol. The van der Waals surface area contributed by atoms with Gasteiger partial charge in [-0.3, -0.25) is 4.79 Å². The highest BCUT2D eigenvalue weighted by molar-refractivity contribution is 6.07. The maximum Gasteiger partial charge on any atom is 0.248 e. The Balaban J connectivity index is 2.72. The lowest BCUT2D eigenvalue weighted by atomic mass is 9.88. The molecule has 13 heavy (non-hydrogen) atoms. The van der Waals surface area contributed by atoms with Crippen LogP contribution in [0.25, 0.3) is 0 Å². The Kier molecular flexibility index (Phi) is 2.68. The first-order valence-corrected chi connectivity index (χ1v) is 4.39. The number of halogens is 1. The highest BCUT2D eigenvalue weighted by atomic mass is 19.1. The molecule has 1 rings (SSSR count). The Morgan fingerprint density at radius 2 is 2.15 bits per heavy atom. The fourth-order valence-electron chi connectivity index (χ4n) is 1.14. The van der Waals surface area contributed by atoms with Gasteiger partial charge in [0, 0.05) is 5.41 Å². The minimum Gasteiger partial charge on any atom is -0.273 e. The summed E-state index contributed by atoms with van der Waals surface area (Å²) in [5, 5.41) is 5.31. The normalized spacial score (nSPS) is 18.0. The van der Waals surface area contributed by atoms with Crippen molar-refractivity contribution < 1.29 is 9.18 Å². The van der Waals surface area contributed by atoms with E-state index in [1.165, 1.54) is 5.01 Å². The van der Waals surface area contributed by atoms with Crippen LogP contribution < -0.4 is 0 Å². The molecule has 0 saturated carbocycles. The minimum absolute atomic E-state index is 0.0818. The Morgan fingerprint density at radius 3 is 2.54 bits per heavy atom. The average Bonchev–Trinajstić information content (AvgIpc) is 2.32. The van der Waals surface area contributed by atoms with Crippen LogP contribution in [-0.4, -0.2) is 29.8 Å². The highest BCUT2D eigenvalue weighted by Crippen LogP contribution is 2.23. The first kappa shape index (κ1) is 10.2. The molecule has 0 spiro atoms. The van der Waals surface area contributed by atoms with Gasteiger partial charge in [-0.25, -0.2) is 9.40 Å². The average molecular weight is 186 g/mol. The van der Waals surface area contributed by atoms with E-state index in [0.29, 0.717) is 6.42 Å². The van der Waals surface area contributed by atoms with Crippen LogP contribution in [0.2, 0.25) is 0 Å². The van der Waals surface area contributed by atoms with Crippen LogP contribution in [0.5, 0.6) is 0 Å². The van der Waals surface area contributed by atoms with E-state index in [-0.39, 0.29) is 17.9 Å². The maximum atomic E-state index is 12.0. The van der Waals surface area contributed by atoms with E-state index in [1.807, 2.05) is 20.8 Å². The van der Waals surface area contributed by atoms with Crippen molar-refractivity contribution in [2.45, 2.75) is 27.2 Å². The quantitative estimate of drug-likeness (QED) is 0.644. The van der Waals surface area contributed by atoms with E-state index in [4.69, 9.17) is 0 Å². The van der Waals surface area contributed by atoms with Crippen molar-refractivity contribution in [1.82, 2.24) is 5.01 Å². The summed E-state index contributed by atoms with van der Waals surface area (Å²) in [5.41, 5.74) is 0.742. The molecule has 1 heterocycles. The summed E-state index contributed by atoms with van der Waals surface area (Å²) in [5.74, 6) is -0.0948. The first-order chi connectivity index (χ1) is 5.95. The first-order valence-electron chi connectivity index (χ1n) is 4.39. The number of nitrogens with zero attached hydrogens (tertiary/aromatic N) is 2. The van der Waals surface area contributed by atoms with Crippen molar-refractivity contribution in [3.05, 3.63) is 0 Å². The molecule has 0 aromatic rings. The van der Waals surface area contributed by atoms with Gasteiger partial charge in [0.2, 0.25) is 5.91 Å². The van der Waals surface area contributed by atoms with Gasteiger partial charge in [0.15, 0.2) is 0 Å². The molecule has 0 radical (unpaired) electrons. The molecule has 0 aromatic heterocycles. The van der Waals surface area contributed by atoms with Crippen molar-refractivity contribution in [1.29, 1.82) is 0 Å². The predicted octanol–water partition coefficient (Wildman–Crippen LogP) is 1.59. The van der Waals surface area contributed by atoms with Crippen LogP contribution >= 0.6 is 0 Å². The minimum atomic E-state index is -0.535. The molecule has 0 aliphatic carbocycles. The van der Waals surface area contributed by atoms with Gasteiger partial charge in [-0.05, 0) is 0 Å². The molecule has 4 heteroatoms. The smallest absolute Gasteiger partial charge is 0.248 e. The van der Waals surface area contributed by atoms with E-state index < -0.39 is 6.67 Å². The molecule has 0 atom stereocenters. The Morgan fingerprint density at radius 1 is 1.54 bits per heavy atom. The van der Waals surface area contributed by atoms with Gasteiger partial charge in [0.05, 0.1) is 18.7 Å². The number of hydrogen-bond acceptors (Lipinski definition) is 2. The molecule has 1 amide bonds. The number of hydrogen-bond donors (Lipinski definition) is 0. The number of amides is 1. The van der Waals surface area contributed by atoms with Gasteiger partial charge < -0.3 is 0 Å². The fourth-order valence-corrected chi connectivity index (χ4v) is 1.14. The van der Waals surface area contributed by atoms with Gasteiger partial charge in [-0.2, -0.15) is 5.10 Å². The second kappa shape index (κ2) is 3.44. The summed E-state index contributed by atoms with van der Waals surface area (Å²) >= 11 is 0. The molecule has 74 valence electrons. The Labute approximate surface area is 77.6 Å². The summed E-state index contributed by atoms with van der Waals surface area (Å²) in [4.78, 5) is 11.3. The van der Waals surface area contributed by atoms with E-state index >= 15 is 0 Å². The van der Waals surface area contributed by atoms with Crippen molar-refractivity contribution in [2.24, 2.45) is 10.5 Å². The maximum absolute atomic E-state index is 12.0. The van der Waals surface area contributed by atoms with Crippen molar-refractivity contribution in [3.63, 3.8) is 0 Å². The van der Waals surface area contributed by atoms with Gasteiger partial charge in [-0.15, -0.1) is 0 Å². The SMILES string of the molecule is CC(C)(C)C1=NN(CCF)C(=O)C1. The standard InChI is InChI=1S/C9H15FN2O/c1-9(2,3)7-6-8(13)12(11-7)5-4-10/h4-6H2,1-3H3. The third kappa shape index (κ3) is 2.26. The van der Waals surface area contributed by atoms with E-state index in [0.717, 1.165) is 5.71 Å². The molecule has 0 N–H and O–H groups in total. The topological polar surface area (TPSA) is 32.7 Å². The number of carbonyl (C=O) groups is 1. The fraction of sp³-hybridized carbons (Fsp3) is 0.778. The molecule has 1 aliphatic rings. The lowest BCUT2D eigenvalue weighted by Crippen LogP contribution is -2.23. The lowest BCUT2D eigenvalue weighted by molar-refractivity contribution is -0.128. The lowest BCUT2D eigenvalue weighted by Gasteiger charge is -2.16. The second-order valence-corrected chi connectivity index (χ2v) is 4.18. The van der Waals surface area contributed by atoms with E-state index in [1.54, 1.807) is 0 Å². The summed E-state index contributed by atoms with van der Waals surface area (Å²) in [6.07, 6.45) is 0.337. The van der Waals surface area contributed by atoms with Crippen LogP contribution in [0.4, 0.5) is 4.39 Å². The van der Waals surface area contributed by atoms with Gasteiger partial charge in [-0.1, -0.05) is 20.8 Å². The zero-order valence-corrected chi connectivity index (χ0v) is 8.30. The number of hydrazone groups is 1. The second-order valence-electron chi connectivity index (χ2n) is 4.18. The monoisotopic (exact) mass is 186 g/mol. The highest BCUT2D eigenvalue weighted by Gasteiger charge is 2.30. The van der Waals surface area contributed by atoms with Crippen molar-refractivity contribution in [3.8, 4) is 0 Å². The van der Waals surface area contributed by atoms with Crippen LogP contribution in [0, 0.1) is 5.41 Å². The van der Waals surface area contributed by atoms with E-state index in [2.05, 4.69) is 5.10 Å². The molecular weight excluding hydrogens is 171 g/mol. The molecule has 0 bridgehead atoms. The Bertz CT molecular complexity index is 242. The number of alkyl halides is 1. The van der Waals surface area contributed by atoms with Crippen LogP contribution in [0.3, 0.4) is 0 Å². The summed E-state index contributed by atoms with van der Waals surface area (Å²) in [6.45, 7) is 5.54. The molecule has 0 aromatic carbocycles. The zero-order valence-electron chi connectivity index (χ0n) is 8.30. The van der Waals surface area contributed by atoms with Gasteiger partial charge in [0.1, 0.15) is 6.67 Å². The third-order valence-electron chi connectivity index (χ3n) is 2.01. The molecule has 1 aliphatic heterocycles. The van der Waals surface area contributed by atoms with Crippen LogP contribution in [0.1, 0.15) is 27.2 Å². The van der Waals surface area contributed by atoms with Crippen molar-refractivity contribution >= 4 is 11.6 Å². The molecule has 0 unspecified atom stereocenters. The van der Waals surface area contributed by atoms with Crippen molar-refractivity contribution in [2.75, 3.05) is 13.2 Å². The molecule has 3 nitrogen and oxygen atoms in total. The largest absolute Gasteiger partial charge is 0.273 e. The van der Waals surface area contributed by atoms with Gasteiger partial charge >= 0.3 is 0 Å². The van der Waals surface area contributed by atoms with Crippen LogP contribution in [-0.2, 0) is 4.79 Å². The zero-order chi connectivity index (χ0) is 10.1. The number of carbonyl (C=O) groups excluding carboxylic acids is 1. The summed E-state index contributed by atoms with van der Waals surface area (Å²) in [7, 11) is 0. The van der Waals surface area contributed by atoms with Gasteiger partial charge in [0.25, 0.3) is 0 Å². The third-order valence-corrected chi connectivity index (χ3v) is 2.01. The molecule has 0 saturated heterocycles. The Hall–Kier alpha value is -0.930. The molecular formula is C9H15FN2O. The molecule has 0 fully saturated rings. The van der Waals surface area contributed by atoms with E-state index in [9.17, 15) is 9.18 Å².